The zero-order chi connectivity index (χ0) is 10.1. The summed E-state index contributed by atoms with van der Waals surface area (Å²) in [5.41, 5.74) is -0.648. The Hall–Kier alpha value is -1.26. The van der Waals surface area contributed by atoms with E-state index in [1.54, 1.807) is 0 Å². The second-order valence-electron chi connectivity index (χ2n) is 2.69. The van der Waals surface area contributed by atoms with Gasteiger partial charge in [0.2, 0.25) is 0 Å². The molecular weight excluding hydrogens is 185 g/mol. The molecule has 5 heteroatoms. The fourth-order valence-corrected chi connectivity index (χ4v) is 1.05. The van der Waals surface area contributed by atoms with Gasteiger partial charge in [0.15, 0.2) is 0 Å². The van der Waals surface area contributed by atoms with Crippen molar-refractivity contribution in [3.05, 3.63) is 23.3 Å². The maximum Gasteiger partial charge on any atom is 0.412 e. The fraction of sp³-hybridized carbons (Fsp3) is 0.375. The van der Waals surface area contributed by atoms with Crippen molar-refractivity contribution in [1.82, 2.24) is 0 Å². The Bertz CT molecular complexity index is 286. The first kappa shape index (κ1) is 9.83. The molecule has 0 fully saturated rings. The van der Waals surface area contributed by atoms with Gasteiger partial charge < -0.3 is 5.11 Å². The van der Waals surface area contributed by atoms with E-state index < -0.39 is 17.7 Å². The van der Waals surface area contributed by atoms with Crippen molar-refractivity contribution in [3.63, 3.8) is 0 Å². The third-order valence-corrected chi connectivity index (χ3v) is 1.79. The molecule has 0 heterocycles. The van der Waals surface area contributed by atoms with Gasteiger partial charge in [0.25, 0.3) is 0 Å². The summed E-state index contributed by atoms with van der Waals surface area (Å²) in [5, 5.41) is 8.45. The number of carbonyl (C=O) groups is 1. The molecule has 0 saturated heterocycles. The summed E-state index contributed by atoms with van der Waals surface area (Å²) < 4.78 is 36.1. The highest BCUT2D eigenvalue weighted by Gasteiger charge is 2.34. The number of hydrogen-bond acceptors (Lipinski definition) is 1. The van der Waals surface area contributed by atoms with Crippen molar-refractivity contribution < 1.29 is 23.1 Å². The van der Waals surface area contributed by atoms with E-state index in [1.165, 1.54) is 0 Å². The molecule has 1 rings (SSSR count). The average Bonchev–Trinajstić information content (AvgIpc) is 2.03. The number of rotatable bonds is 1. The second-order valence-corrected chi connectivity index (χ2v) is 2.69. The second kappa shape index (κ2) is 3.24. The maximum atomic E-state index is 12.0. The molecule has 0 aromatic rings. The van der Waals surface area contributed by atoms with Crippen LogP contribution in [-0.2, 0) is 4.79 Å². The van der Waals surface area contributed by atoms with E-state index in [4.69, 9.17) is 5.11 Å². The molecule has 1 aliphatic carbocycles. The zero-order valence-electron chi connectivity index (χ0n) is 6.56. The Morgan fingerprint density at radius 2 is 1.92 bits per heavy atom. The average molecular weight is 192 g/mol. The highest BCUT2D eigenvalue weighted by molar-refractivity contribution is 5.87. The monoisotopic (exact) mass is 192 g/mol. The summed E-state index contributed by atoms with van der Waals surface area (Å²) in [7, 11) is 0. The van der Waals surface area contributed by atoms with E-state index in [0.29, 0.717) is 0 Å². The zero-order valence-corrected chi connectivity index (χ0v) is 6.56. The Morgan fingerprint density at radius 1 is 1.31 bits per heavy atom. The number of carboxylic acids is 1. The van der Waals surface area contributed by atoms with E-state index in [-0.39, 0.29) is 18.4 Å². The standard InChI is InChI=1S/C8H7F3O2/c9-8(10,11)6-3-1-5(2-4-6)7(12)13/h1,3H,2,4H2,(H,12,13). The van der Waals surface area contributed by atoms with Gasteiger partial charge in [0, 0.05) is 11.1 Å². The van der Waals surface area contributed by atoms with Crippen LogP contribution in [0.2, 0.25) is 0 Å². The lowest BCUT2D eigenvalue weighted by Gasteiger charge is -2.14. The molecule has 1 N–H and O–H groups in total. The van der Waals surface area contributed by atoms with Crippen LogP contribution in [0.5, 0.6) is 0 Å². The predicted octanol–water partition coefficient (Wildman–Crippen LogP) is 2.28. The predicted molar refractivity (Wildman–Crippen MR) is 39.1 cm³/mol. The largest absolute Gasteiger partial charge is 0.478 e. The highest BCUT2D eigenvalue weighted by Crippen LogP contribution is 2.32. The van der Waals surface area contributed by atoms with E-state index in [0.717, 1.165) is 12.2 Å². The van der Waals surface area contributed by atoms with E-state index in [9.17, 15) is 18.0 Å². The van der Waals surface area contributed by atoms with Crippen molar-refractivity contribution in [1.29, 1.82) is 0 Å². The Morgan fingerprint density at radius 3 is 2.23 bits per heavy atom. The van der Waals surface area contributed by atoms with Crippen molar-refractivity contribution in [2.75, 3.05) is 0 Å². The van der Waals surface area contributed by atoms with Crippen LogP contribution in [0.25, 0.3) is 0 Å². The summed E-state index contributed by atoms with van der Waals surface area (Å²) >= 11 is 0. The molecule has 0 amide bonds. The molecule has 0 radical (unpaired) electrons. The third-order valence-electron chi connectivity index (χ3n) is 1.79. The number of alkyl halides is 3. The van der Waals surface area contributed by atoms with Gasteiger partial charge in [-0.15, -0.1) is 0 Å². The minimum Gasteiger partial charge on any atom is -0.478 e. The summed E-state index contributed by atoms with van der Waals surface area (Å²) in [5.74, 6) is -1.16. The quantitative estimate of drug-likeness (QED) is 0.691. The first-order valence-electron chi connectivity index (χ1n) is 3.61. The topological polar surface area (TPSA) is 37.3 Å². The smallest absolute Gasteiger partial charge is 0.412 e. The molecule has 1 aliphatic rings. The van der Waals surface area contributed by atoms with Crippen LogP contribution in [0, 0.1) is 0 Å². The fourth-order valence-electron chi connectivity index (χ4n) is 1.05. The first-order valence-corrected chi connectivity index (χ1v) is 3.61. The van der Waals surface area contributed by atoms with Crippen molar-refractivity contribution in [2.24, 2.45) is 0 Å². The van der Waals surface area contributed by atoms with Gasteiger partial charge in [-0.2, -0.15) is 13.2 Å². The van der Waals surface area contributed by atoms with Crippen molar-refractivity contribution in [2.45, 2.75) is 19.0 Å². The Kier molecular flexibility index (Phi) is 2.45. The third kappa shape index (κ3) is 2.34. The summed E-state index contributed by atoms with van der Waals surface area (Å²) in [6, 6.07) is 0. The SMILES string of the molecule is O=C(O)C1=CC=C(C(F)(F)F)CC1. The lowest BCUT2D eigenvalue weighted by atomic mass is 9.98. The van der Waals surface area contributed by atoms with Crippen LogP contribution in [0.15, 0.2) is 23.3 Å². The van der Waals surface area contributed by atoms with Crippen LogP contribution in [0.1, 0.15) is 12.8 Å². The lowest BCUT2D eigenvalue weighted by molar-refractivity contribution is -0.133. The van der Waals surface area contributed by atoms with Gasteiger partial charge in [0.1, 0.15) is 0 Å². The van der Waals surface area contributed by atoms with Gasteiger partial charge in [-0.05, 0) is 12.8 Å². The van der Waals surface area contributed by atoms with E-state index in [2.05, 4.69) is 0 Å². The van der Waals surface area contributed by atoms with Gasteiger partial charge in [-0.3, -0.25) is 0 Å². The molecule has 0 aromatic carbocycles. The van der Waals surface area contributed by atoms with Crippen molar-refractivity contribution in [3.8, 4) is 0 Å². The maximum absolute atomic E-state index is 12.0. The molecule has 0 spiro atoms. The Balaban J connectivity index is 2.82. The molecular formula is C8H7F3O2. The first-order chi connectivity index (χ1) is 5.91. The number of carboxylic acid groups (broad SMARTS) is 1. The lowest BCUT2D eigenvalue weighted by Crippen LogP contribution is -2.15. The molecule has 0 aromatic heterocycles. The normalized spacial score (nSPS) is 17.8. The molecule has 0 saturated carbocycles. The molecule has 2 nitrogen and oxygen atoms in total. The minimum atomic E-state index is -4.33. The molecule has 0 aliphatic heterocycles. The van der Waals surface area contributed by atoms with Crippen LogP contribution < -0.4 is 0 Å². The number of hydrogen-bond donors (Lipinski definition) is 1. The highest BCUT2D eigenvalue weighted by atomic mass is 19.4. The molecule has 0 bridgehead atoms. The molecule has 0 unspecified atom stereocenters. The van der Waals surface area contributed by atoms with Gasteiger partial charge in [0.05, 0.1) is 0 Å². The molecule has 72 valence electrons. The number of halogens is 3. The van der Waals surface area contributed by atoms with Crippen LogP contribution >= 0.6 is 0 Å². The van der Waals surface area contributed by atoms with Gasteiger partial charge in [-0.25, -0.2) is 4.79 Å². The van der Waals surface area contributed by atoms with Gasteiger partial charge >= 0.3 is 12.1 Å². The Labute approximate surface area is 72.4 Å². The van der Waals surface area contributed by atoms with Crippen LogP contribution in [-0.4, -0.2) is 17.3 Å². The number of allylic oxidation sites excluding steroid dienone is 3. The van der Waals surface area contributed by atoms with Gasteiger partial charge in [-0.1, -0.05) is 12.2 Å². The van der Waals surface area contributed by atoms with Crippen LogP contribution in [0.3, 0.4) is 0 Å². The van der Waals surface area contributed by atoms with Crippen molar-refractivity contribution >= 4 is 5.97 Å². The van der Waals surface area contributed by atoms with E-state index in [1.807, 2.05) is 0 Å². The summed E-state index contributed by atoms with van der Waals surface area (Å²) in [4.78, 5) is 10.3. The molecule has 13 heavy (non-hydrogen) atoms. The summed E-state index contributed by atoms with van der Waals surface area (Å²) in [6.45, 7) is 0. The minimum absolute atomic E-state index is 0.0213. The van der Waals surface area contributed by atoms with Crippen LogP contribution in [0.4, 0.5) is 13.2 Å². The number of aliphatic carboxylic acids is 1. The molecule has 0 atom stereocenters. The van der Waals surface area contributed by atoms with E-state index >= 15 is 0 Å². The summed E-state index contributed by atoms with van der Waals surface area (Å²) in [6.07, 6.45) is -2.80.